The first-order valence-corrected chi connectivity index (χ1v) is 7.79. The van der Waals surface area contributed by atoms with Crippen LogP contribution in [0.5, 0.6) is 0 Å². The van der Waals surface area contributed by atoms with Crippen molar-refractivity contribution in [2.45, 2.75) is 0 Å². The van der Waals surface area contributed by atoms with Crippen molar-refractivity contribution < 1.29 is 4.42 Å². The molecule has 0 aliphatic carbocycles. The van der Waals surface area contributed by atoms with Crippen molar-refractivity contribution in [2.24, 2.45) is 0 Å². The largest absolute Gasteiger partial charge is 0.422 e. The molecule has 2 N–H and O–H groups in total. The molecule has 0 aliphatic heterocycles. The maximum absolute atomic E-state index is 12.7. The Morgan fingerprint density at radius 3 is 2.72 bits per heavy atom. The number of pyridine rings is 1. The molecule has 0 atom stereocenters. The maximum Gasteiger partial charge on any atom is 0.346 e. The van der Waals surface area contributed by atoms with Gasteiger partial charge in [-0.3, -0.25) is 0 Å². The van der Waals surface area contributed by atoms with Gasteiger partial charge in [0.2, 0.25) is 0 Å². The molecule has 0 saturated carbocycles. The Kier molecular flexibility index (Phi) is 3.41. The molecule has 0 spiro atoms. The fourth-order valence-corrected chi connectivity index (χ4v) is 3.14. The van der Waals surface area contributed by atoms with E-state index in [2.05, 4.69) is 4.98 Å². The lowest BCUT2D eigenvalue weighted by atomic mass is 9.96. The number of aromatic nitrogens is 1. The van der Waals surface area contributed by atoms with Gasteiger partial charge in [-0.25, -0.2) is 9.78 Å². The lowest BCUT2D eigenvalue weighted by molar-refractivity contribution is 0.569. The van der Waals surface area contributed by atoms with Gasteiger partial charge in [0.25, 0.3) is 0 Å². The fraction of sp³-hybridized carbons (Fsp3) is 0. The average molecular weight is 348 g/mol. The maximum atomic E-state index is 12.7. The third kappa shape index (κ3) is 2.32. The second-order valence-corrected chi connectivity index (χ2v) is 5.91. The van der Waals surface area contributed by atoms with E-state index in [9.17, 15) is 10.1 Å². The highest BCUT2D eigenvalue weighted by molar-refractivity contribution is 6.31. The van der Waals surface area contributed by atoms with Crippen LogP contribution in [0.15, 0.2) is 57.7 Å². The van der Waals surface area contributed by atoms with Crippen LogP contribution in [0.3, 0.4) is 0 Å². The molecule has 0 radical (unpaired) electrons. The number of para-hydroxylation sites is 1. The molecule has 0 unspecified atom stereocenters. The zero-order chi connectivity index (χ0) is 17.6. The number of halogens is 1. The standard InChI is InChI=1S/C19H10ClN3O2/c20-11-5-3-4-10(8-11)15-13(9-21)18(22)23-17-12-6-1-2-7-14(12)25-19(24)16(15)17/h1-8H,(H2,22,23). The number of rotatable bonds is 1. The Morgan fingerprint density at radius 2 is 1.96 bits per heavy atom. The van der Waals surface area contributed by atoms with E-state index < -0.39 is 5.63 Å². The highest BCUT2D eigenvalue weighted by Crippen LogP contribution is 2.35. The van der Waals surface area contributed by atoms with Crippen LogP contribution in [0.25, 0.3) is 33.0 Å². The summed E-state index contributed by atoms with van der Waals surface area (Å²) < 4.78 is 5.43. The number of hydrogen-bond acceptors (Lipinski definition) is 5. The summed E-state index contributed by atoms with van der Waals surface area (Å²) in [5, 5.41) is 10.9. The van der Waals surface area contributed by atoms with Crippen LogP contribution in [0.1, 0.15) is 5.56 Å². The Hall–Kier alpha value is -3.36. The average Bonchev–Trinajstić information content (AvgIpc) is 2.60. The van der Waals surface area contributed by atoms with Gasteiger partial charge in [0.1, 0.15) is 23.0 Å². The lowest BCUT2D eigenvalue weighted by Gasteiger charge is -2.11. The monoisotopic (exact) mass is 347 g/mol. The first kappa shape index (κ1) is 15.2. The van der Waals surface area contributed by atoms with Crippen molar-refractivity contribution in [3.63, 3.8) is 0 Å². The van der Waals surface area contributed by atoms with Crippen LogP contribution < -0.4 is 11.4 Å². The summed E-state index contributed by atoms with van der Waals surface area (Å²) in [6.07, 6.45) is 0. The van der Waals surface area contributed by atoms with Gasteiger partial charge in [0, 0.05) is 16.0 Å². The van der Waals surface area contributed by atoms with Crippen molar-refractivity contribution in [3.8, 4) is 17.2 Å². The molecule has 2 aromatic carbocycles. The summed E-state index contributed by atoms with van der Waals surface area (Å²) in [5.41, 5.74) is 7.36. The minimum atomic E-state index is -0.576. The number of hydrogen-bond donors (Lipinski definition) is 1. The van der Waals surface area contributed by atoms with E-state index in [1.807, 2.05) is 12.1 Å². The fourth-order valence-electron chi connectivity index (χ4n) is 2.95. The Balaban J connectivity index is 2.30. The van der Waals surface area contributed by atoms with Crippen LogP contribution in [0.4, 0.5) is 5.82 Å². The summed E-state index contributed by atoms with van der Waals surface area (Å²) in [7, 11) is 0. The van der Waals surface area contributed by atoms with E-state index in [-0.39, 0.29) is 16.8 Å². The number of anilines is 1. The molecule has 25 heavy (non-hydrogen) atoms. The molecule has 2 heterocycles. The molecule has 2 aromatic heterocycles. The van der Waals surface area contributed by atoms with Crippen LogP contribution in [0, 0.1) is 11.3 Å². The molecule has 6 heteroatoms. The van der Waals surface area contributed by atoms with Gasteiger partial charge in [-0.1, -0.05) is 35.9 Å². The van der Waals surface area contributed by atoms with Crippen LogP contribution in [-0.4, -0.2) is 4.98 Å². The van der Waals surface area contributed by atoms with Gasteiger partial charge in [0.15, 0.2) is 0 Å². The first-order chi connectivity index (χ1) is 12.1. The number of nitriles is 1. The van der Waals surface area contributed by atoms with Crippen molar-refractivity contribution in [1.82, 2.24) is 4.98 Å². The quantitative estimate of drug-likeness (QED) is 0.413. The molecule has 0 amide bonds. The molecule has 0 saturated heterocycles. The zero-order valence-electron chi connectivity index (χ0n) is 12.8. The van der Waals surface area contributed by atoms with Gasteiger partial charge < -0.3 is 10.2 Å². The SMILES string of the molecule is N#Cc1c(N)nc2c(c1-c1cccc(Cl)c1)c(=O)oc1ccccc12. The van der Waals surface area contributed by atoms with Gasteiger partial charge in [-0.15, -0.1) is 0 Å². The Labute approximate surface area is 146 Å². The van der Waals surface area contributed by atoms with E-state index in [1.165, 1.54) is 0 Å². The summed E-state index contributed by atoms with van der Waals surface area (Å²) in [6.45, 7) is 0. The molecular weight excluding hydrogens is 338 g/mol. The Morgan fingerprint density at radius 1 is 1.16 bits per heavy atom. The molecule has 4 aromatic rings. The smallest absolute Gasteiger partial charge is 0.346 e. The van der Waals surface area contributed by atoms with Crippen molar-refractivity contribution in [1.29, 1.82) is 5.26 Å². The van der Waals surface area contributed by atoms with Crippen LogP contribution >= 0.6 is 11.6 Å². The number of benzene rings is 2. The molecule has 5 nitrogen and oxygen atoms in total. The van der Waals surface area contributed by atoms with Gasteiger partial charge in [0.05, 0.1) is 10.9 Å². The predicted octanol–water partition coefficient (Wildman–Crippen LogP) is 4.12. The molecule has 4 rings (SSSR count). The number of nitrogens with zero attached hydrogens (tertiary/aromatic N) is 2. The highest BCUT2D eigenvalue weighted by atomic mass is 35.5. The molecule has 0 bridgehead atoms. The zero-order valence-corrected chi connectivity index (χ0v) is 13.5. The number of nitrogen functional groups attached to an aromatic ring is 1. The third-order valence-corrected chi connectivity index (χ3v) is 4.23. The van der Waals surface area contributed by atoms with E-state index in [1.54, 1.807) is 42.5 Å². The normalized spacial score (nSPS) is 10.9. The molecular formula is C19H10ClN3O2. The van der Waals surface area contributed by atoms with E-state index in [4.69, 9.17) is 21.8 Å². The topological polar surface area (TPSA) is 92.9 Å². The van der Waals surface area contributed by atoms with Gasteiger partial charge in [-0.2, -0.15) is 5.26 Å². The summed E-state index contributed by atoms with van der Waals surface area (Å²) >= 11 is 6.08. The third-order valence-electron chi connectivity index (χ3n) is 4.00. The predicted molar refractivity (Wildman–Crippen MR) is 97.4 cm³/mol. The minimum Gasteiger partial charge on any atom is -0.422 e. The van der Waals surface area contributed by atoms with Crippen molar-refractivity contribution in [2.75, 3.05) is 5.73 Å². The summed E-state index contributed by atoms with van der Waals surface area (Å²) in [6, 6.07) is 16.0. The van der Waals surface area contributed by atoms with E-state index in [0.717, 1.165) is 0 Å². The number of nitrogens with two attached hydrogens (primary N) is 1. The van der Waals surface area contributed by atoms with Gasteiger partial charge >= 0.3 is 5.63 Å². The van der Waals surface area contributed by atoms with E-state index in [0.29, 0.717) is 32.6 Å². The first-order valence-electron chi connectivity index (χ1n) is 7.41. The second-order valence-electron chi connectivity index (χ2n) is 5.48. The van der Waals surface area contributed by atoms with Crippen LogP contribution in [0.2, 0.25) is 5.02 Å². The minimum absolute atomic E-state index is 0.0562. The molecule has 0 aliphatic rings. The number of fused-ring (bicyclic) bond motifs is 3. The lowest BCUT2D eigenvalue weighted by Crippen LogP contribution is -2.08. The van der Waals surface area contributed by atoms with Gasteiger partial charge in [-0.05, 0) is 29.8 Å². The Bertz CT molecular complexity index is 1260. The highest BCUT2D eigenvalue weighted by Gasteiger charge is 2.20. The summed E-state index contributed by atoms with van der Waals surface area (Å²) in [4.78, 5) is 17.0. The molecule has 120 valence electrons. The van der Waals surface area contributed by atoms with Crippen molar-refractivity contribution in [3.05, 3.63) is 69.5 Å². The summed E-state index contributed by atoms with van der Waals surface area (Å²) in [5.74, 6) is 0.0562. The van der Waals surface area contributed by atoms with E-state index >= 15 is 0 Å². The second kappa shape index (κ2) is 5.62. The van der Waals surface area contributed by atoms with Crippen molar-refractivity contribution >= 4 is 39.3 Å². The van der Waals surface area contributed by atoms with Crippen LogP contribution in [-0.2, 0) is 0 Å². The molecule has 0 fully saturated rings.